The third kappa shape index (κ3) is 2.53. The average Bonchev–Trinajstić information content (AvgIpc) is 2.86. The molecule has 2 unspecified atom stereocenters. The van der Waals surface area contributed by atoms with Gasteiger partial charge in [0.05, 0.1) is 0 Å². The third-order valence-electron chi connectivity index (χ3n) is 2.78. The van der Waals surface area contributed by atoms with Crippen molar-refractivity contribution in [3.63, 3.8) is 0 Å². The van der Waals surface area contributed by atoms with Crippen LogP contribution in [0, 0.1) is 0 Å². The van der Waals surface area contributed by atoms with Gasteiger partial charge in [-0.3, -0.25) is 0 Å². The maximum absolute atomic E-state index is 5.80. The molecule has 3 rings (SSSR count). The average molecular weight is 261 g/mol. The standard InChI is InChI=1S/C13H15N3O3/c1-8(14)6-12-15-13(16-19-12)11-7-17-9-4-2-3-5-10(9)18-11/h2-5,8,11H,6-7,14H2,1H3. The van der Waals surface area contributed by atoms with Crippen LogP contribution in [0.3, 0.4) is 0 Å². The number of rotatable bonds is 3. The first-order valence-electron chi connectivity index (χ1n) is 6.19. The molecule has 0 bridgehead atoms. The van der Waals surface area contributed by atoms with Crippen LogP contribution in [0.2, 0.25) is 0 Å². The van der Waals surface area contributed by atoms with E-state index in [0.29, 0.717) is 30.5 Å². The summed E-state index contributed by atoms with van der Waals surface area (Å²) in [6, 6.07) is 7.49. The van der Waals surface area contributed by atoms with Crippen molar-refractivity contribution in [3.8, 4) is 11.5 Å². The van der Waals surface area contributed by atoms with Gasteiger partial charge >= 0.3 is 0 Å². The van der Waals surface area contributed by atoms with Crippen molar-refractivity contribution in [2.24, 2.45) is 5.73 Å². The molecule has 0 radical (unpaired) electrons. The molecule has 2 aromatic rings. The van der Waals surface area contributed by atoms with E-state index < -0.39 is 0 Å². The smallest absolute Gasteiger partial charge is 0.228 e. The van der Waals surface area contributed by atoms with Crippen LogP contribution in [0.25, 0.3) is 0 Å². The van der Waals surface area contributed by atoms with Gasteiger partial charge in [-0.2, -0.15) is 4.98 Å². The van der Waals surface area contributed by atoms with Crippen molar-refractivity contribution in [2.45, 2.75) is 25.5 Å². The van der Waals surface area contributed by atoms with E-state index in [4.69, 9.17) is 19.7 Å². The Balaban J connectivity index is 1.76. The fourth-order valence-electron chi connectivity index (χ4n) is 1.90. The molecule has 2 atom stereocenters. The highest BCUT2D eigenvalue weighted by atomic mass is 16.6. The van der Waals surface area contributed by atoms with E-state index in [2.05, 4.69) is 10.1 Å². The molecule has 0 amide bonds. The van der Waals surface area contributed by atoms with Gasteiger partial charge in [0.1, 0.15) is 6.61 Å². The molecule has 1 aliphatic rings. The predicted octanol–water partition coefficient (Wildman–Crippen LogP) is 1.47. The van der Waals surface area contributed by atoms with Gasteiger partial charge in [-0.15, -0.1) is 0 Å². The molecule has 0 spiro atoms. The molecule has 100 valence electrons. The predicted molar refractivity (Wildman–Crippen MR) is 67.0 cm³/mol. The Morgan fingerprint density at radius 1 is 1.37 bits per heavy atom. The van der Waals surface area contributed by atoms with Crippen LogP contribution in [0.1, 0.15) is 24.7 Å². The molecular weight excluding hydrogens is 246 g/mol. The molecule has 6 heteroatoms. The van der Waals surface area contributed by atoms with Crippen molar-refractivity contribution in [3.05, 3.63) is 36.0 Å². The summed E-state index contributed by atoms with van der Waals surface area (Å²) in [5.41, 5.74) is 5.69. The van der Waals surface area contributed by atoms with Gasteiger partial charge in [-0.25, -0.2) is 0 Å². The lowest BCUT2D eigenvalue weighted by Gasteiger charge is -2.24. The number of para-hydroxylation sites is 2. The molecule has 2 heterocycles. The molecule has 6 nitrogen and oxygen atoms in total. The van der Waals surface area contributed by atoms with Gasteiger partial charge in [-0.1, -0.05) is 17.3 Å². The number of nitrogens with two attached hydrogens (primary N) is 1. The summed E-state index contributed by atoms with van der Waals surface area (Å²) in [5, 5.41) is 3.92. The molecule has 0 aliphatic carbocycles. The topological polar surface area (TPSA) is 83.4 Å². The van der Waals surface area contributed by atoms with E-state index in [-0.39, 0.29) is 12.1 Å². The van der Waals surface area contributed by atoms with Gasteiger partial charge in [0.2, 0.25) is 11.7 Å². The molecular formula is C13H15N3O3. The zero-order valence-corrected chi connectivity index (χ0v) is 10.6. The molecule has 1 aromatic carbocycles. The minimum Gasteiger partial charge on any atom is -0.485 e. The fraction of sp³-hybridized carbons (Fsp3) is 0.385. The second kappa shape index (κ2) is 4.89. The monoisotopic (exact) mass is 261 g/mol. The molecule has 2 N–H and O–H groups in total. The zero-order valence-electron chi connectivity index (χ0n) is 10.6. The Kier molecular flexibility index (Phi) is 3.08. The Morgan fingerprint density at radius 3 is 2.95 bits per heavy atom. The number of benzene rings is 1. The fourth-order valence-corrected chi connectivity index (χ4v) is 1.90. The molecule has 1 aromatic heterocycles. The van der Waals surface area contributed by atoms with Crippen LogP contribution in [0.15, 0.2) is 28.8 Å². The SMILES string of the molecule is CC(N)Cc1nc(C2COc3ccccc3O2)no1. The summed E-state index contributed by atoms with van der Waals surface area (Å²) < 4.78 is 16.5. The number of nitrogens with zero attached hydrogens (tertiary/aromatic N) is 2. The lowest BCUT2D eigenvalue weighted by molar-refractivity contribution is 0.0832. The highest BCUT2D eigenvalue weighted by molar-refractivity contribution is 5.40. The maximum atomic E-state index is 5.80. The molecule has 19 heavy (non-hydrogen) atoms. The number of aromatic nitrogens is 2. The van der Waals surface area contributed by atoms with Crippen molar-refractivity contribution >= 4 is 0 Å². The largest absolute Gasteiger partial charge is 0.485 e. The van der Waals surface area contributed by atoms with E-state index in [1.165, 1.54) is 0 Å². The number of hydrogen-bond donors (Lipinski definition) is 1. The van der Waals surface area contributed by atoms with Crippen LogP contribution in [-0.4, -0.2) is 22.8 Å². The normalized spacial score (nSPS) is 19.2. The Hall–Kier alpha value is -2.08. The van der Waals surface area contributed by atoms with E-state index in [0.717, 1.165) is 5.75 Å². The summed E-state index contributed by atoms with van der Waals surface area (Å²) in [4.78, 5) is 4.28. The van der Waals surface area contributed by atoms with E-state index in [9.17, 15) is 0 Å². The van der Waals surface area contributed by atoms with Crippen molar-refractivity contribution in [2.75, 3.05) is 6.61 Å². The number of fused-ring (bicyclic) bond motifs is 1. The summed E-state index contributed by atoms with van der Waals surface area (Å²) in [7, 11) is 0. The van der Waals surface area contributed by atoms with Crippen LogP contribution < -0.4 is 15.2 Å². The van der Waals surface area contributed by atoms with Crippen molar-refractivity contribution in [1.82, 2.24) is 10.1 Å². The third-order valence-corrected chi connectivity index (χ3v) is 2.78. The Morgan fingerprint density at radius 2 is 2.16 bits per heavy atom. The summed E-state index contributed by atoms with van der Waals surface area (Å²) in [6.45, 7) is 2.26. The zero-order chi connectivity index (χ0) is 13.2. The van der Waals surface area contributed by atoms with Crippen LogP contribution in [-0.2, 0) is 6.42 Å². The van der Waals surface area contributed by atoms with Gasteiger partial charge < -0.3 is 19.7 Å². The van der Waals surface area contributed by atoms with E-state index in [1.807, 2.05) is 31.2 Å². The quantitative estimate of drug-likeness (QED) is 0.900. The Labute approximate surface area is 110 Å². The number of ether oxygens (including phenoxy) is 2. The van der Waals surface area contributed by atoms with Crippen LogP contribution >= 0.6 is 0 Å². The second-order valence-corrected chi connectivity index (χ2v) is 4.59. The maximum Gasteiger partial charge on any atom is 0.228 e. The minimum absolute atomic E-state index is 0.0162. The highest BCUT2D eigenvalue weighted by Crippen LogP contribution is 2.34. The molecule has 0 fully saturated rings. The Bertz CT molecular complexity index is 568. The van der Waals surface area contributed by atoms with Gasteiger partial charge in [-0.05, 0) is 19.1 Å². The van der Waals surface area contributed by atoms with Crippen LogP contribution in [0.5, 0.6) is 11.5 Å². The van der Waals surface area contributed by atoms with Gasteiger partial charge in [0.25, 0.3) is 0 Å². The molecule has 0 saturated carbocycles. The first-order valence-corrected chi connectivity index (χ1v) is 6.19. The van der Waals surface area contributed by atoms with Gasteiger partial charge in [0, 0.05) is 12.5 Å². The first kappa shape index (κ1) is 12.0. The minimum atomic E-state index is -0.347. The van der Waals surface area contributed by atoms with Gasteiger partial charge in [0.15, 0.2) is 17.6 Å². The first-order chi connectivity index (χ1) is 9.22. The lowest BCUT2D eigenvalue weighted by atomic mass is 10.2. The van der Waals surface area contributed by atoms with Crippen molar-refractivity contribution in [1.29, 1.82) is 0 Å². The van der Waals surface area contributed by atoms with Crippen molar-refractivity contribution < 1.29 is 14.0 Å². The van der Waals surface area contributed by atoms with E-state index >= 15 is 0 Å². The second-order valence-electron chi connectivity index (χ2n) is 4.59. The summed E-state index contributed by atoms with van der Waals surface area (Å²) in [6.07, 6.45) is 0.206. The highest BCUT2D eigenvalue weighted by Gasteiger charge is 2.26. The lowest BCUT2D eigenvalue weighted by Crippen LogP contribution is -2.23. The van der Waals surface area contributed by atoms with E-state index in [1.54, 1.807) is 0 Å². The summed E-state index contributed by atoms with van der Waals surface area (Å²) in [5.74, 6) is 2.44. The molecule has 1 aliphatic heterocycles. The summed E-state index contributed by atoms with van der Waals surface area (Å²) >= 11 is 0. The molecule has 0 saturated heterocycles. The van der Waals surface area contributed by atoms with Crippen LogP contribution in [0.4, 0.5) is 0 Å². The number of hydrogen-bond acceptors (Lipinski definition) is 6.